The number of carbonyl (C=O) groups excluding carboxylic acids is 1. The fraction of sp³-hybridized carbons (Fsp3) is 0.923. The molecule has 1 aliphatic rings. The van der Waals surface area contributed by atoms with Crippen LogP contribution in [-0.4, -0.2) is 19.0 Å². The first kappa shape index (κ1) is 13.5. The van der Waals surface area contributed by atoms with Crippen LogP contribution in [0.15, 0.2) is 0 Å². The van der Waals surface area contributed by atoms with Gasteiger partial charge in [-0.1, -0.05) is 32.1 Å². The Morgan fingerprint density at radius 1 is 1.19 bits per heavy atom. The van der Waals surface area contributed by atoms with Gasteiger partial charge in [0.1, 0.15) is 0 Å². The molecule has 0 aromatic heterocycles. The molecule has 1 rings (SSSR count). The number of amides is 1. The molecule has 94 valence electrons. The summed E-state index contributed by atoms with van der Waals surface area (Å²) in [5.74, 6) is 1.03. The highest BCUT2D eigenvalue weighted by atomic mass is 16.1. The van der Waals surface area contributed by atoms with Crippen molar-refractivity contribution >= 4 is 5.91 Å². The number of nitrogens with two attached hydrogens (primary N) is 1. The SMILES string of the molecule is NCCCCNC(=O)CCC1CCCCC1. The largest absolute Gasteiger partial charge is 0.356 e. The maximum absolute atomic E-state index is 11.5. The van der Waals surface area contributed by atoms with Crippen LogP contribution in [-0.2, 0) is 4.79 Å². The lowest BCUT2D eigenvalue weighted by molar-refractivity contribution is -0.121. The molecule has 1 amide bonds. The van der Waals surface area contributed by atoms with Gasteiger partial charge < -0.3 is 11.1 Å². The standard InChI is InChI=1S/C13H26N2O/c14-10-4-5-11-15-13(16)9-8-12-6-2-1-3-7-12/h12H,1-11,14H2,(H,15,16). The van der Waals surface area contributed by atoms with Crippen molar-refractivity contribution in [1.29, 1.82) is 0 Å². The molecule has 0 radical (unpaired) electrons. The number of hydrogen-bond donors (Lipinski definition) is 2. The van der Waals surface area contributed by atoms with E-state index in [0.717, 1.165) is 38.3 Å². The Kier molecular flexibility index (Phi) is 7.23. The Morgan fingerprint density at radius 2 is 1.94 bits per heavy atom. The Morgan fingerprint density at radius 3 is 2.62 bits per heavy atom. The van der Waals surface area contributed by atoms with Gasteiger partial charge in [-0.2, -0.15) is 0 Å². The lowest BCUT2D eigenvalue weighted by Crippen LogP contribution is -2.25. The number of unbranched alkanes of at least 4 members (excludes halogenated alkanes) is 1. The molecule has 0 spiro atoms. The zero-order chi connectivity index (χ0) is 11.6. The van der Waals surface area contributed by atoms with Crippen LogP contribution in [0.25, 0.3) is 0 Å². The summed E-state index contributed by atoms with van der Waals surface area (Å²) >= 11 is 0. The van der Waals surface area contributed by atoms with Crippen molar-refractivity contribution in [2.24, 2.45) is 11.7 Å². The van der Waals surface area contributed by atoms with Crippen molar-refractivity contribution in [3.63, 3.8) is 0 Å². The second kappa shape index (κ2) is 8.57. The van der Waals surface area contributed by atoms with E-state index in [1.54, 1.807) is 0 Å². The van der Waals surface area contributed by atoms with Crippen molar-refractivity contribution < 1.29 is 4.79 Å². The molecule has 1 aliphatic carbocycles. The van der Waals surface area contributed by atoms with E-state index < -0.39 is 0 Å². The normalized spacial score (nSPS) is 17.3. The average molecular weight is 226 g/mol. The molecule has 1 saturated carbocycles. The third-order valence-electron chi connectivity index (χ3n) is 3.46. The van der Waals surface area contributed by atoms with Gasteiger partial charge in [0.05, 0.1) is 0 Å². The van der Waals surface area contributed by atoms with E-state index in [-0.39, 0.29) is 5.91 Å². The second-order valence-electron chi connectivity index (χ2n) is 4.89. The molecule has 3 heteroatoms. The minimum absolute atomic E-state index is 0.225. The molecule has 0 bridgehead atoms. The number of rotatable bonds is 7. The average Bonchev–Trinajstić information content (AvgIpc) is 2.33. The lowest BCUT2D eigenvalue weighted by atomic mass is 9.86. The number of nitrogens with one attached hydrogen (secondary N) is 1. The Bertz CT molecular complexity index is 188. The van der Waals surface area contributed by atoms with Gasteiger partial charge in [-0.05, 0) is 31.7 Å². The van der Waals surface area contributed by atoms with Crippen molar-refractivity contribution in [1.82, 2.24) is 5.32 Å². The molecule has 3 nitrogen and oxygen atoms in total. The number of hydrogen-bond acceptors (Lipinski definition) is 2. The lowest BCUT2D eigenvalue weighted by Gasteiger charge is -2.20. The van der Waals surface area contributed by atoms with Crippen LogP contribution in [0.3, 0.4) is 0 Å². The Labute approximate surface area is 99.2 Å². The van der Waals surface area contributed by atoms with Gasteiger partial charge in [-0.3, -0.25) is 4.79 Å². The molecule has 0 unspecified atom stereocenters. The van der Waals surface area contributed by atoms with E-state index in [4.69, 9.17) is 5.73 Å². The zero-order valence-electron chi connectivity index (χ0n) is 10.3. The first-order chi connectivity index (χ1) is 7.83. The van der Waals surface area contributed by atoms with Crippen molar-refractivity contribution in [2.75, 3.05) is 13.1 Å². The van der Waals surface area contributed by atoms with Gasteiger partial charge in [0.2, 0.25) is 5.91 Å². The van der Waals surface area contributed by atoms with E-state index >= 15 is 0 Å². The summed E-state index contributed by atoms with van der Waals surface area (Å²) in [6.07, 6.45) is 10.6. The van der Waals surface area contributed by atoms with Gasteiger partial charge in [0, 0.05) is 13.0 Å². The molecule has 16 heavy (non-hydrogen) atoms. The molecular formula is C13H26N2O. The summed E-state index contributed by atoms with van der Waals surface area (Å²) in [5.41, 5.74) is 5.39. The van der Waals surface area contributed by atoms with Crippen molar-refractivity contribution in [3.05, 3.63) is 0 Å². The van der Waals surface area contributed by atoms with Gasteiger partial charge in [0.15, 0.2) is 0 Å². The van der Waals surface area contributed by atoms with E-state index in [0.29, 0.717) is 6.42 Å². The second-order valence-corrected chi connectivity index (χ2v) is 4.89. The summed E-state index contributed by atoms with van der Waals surface area (Å²) in [4.78, 5) is 11.5. The monoisotopic (exact) mass is 226 g/mol. The summed E-state index contributed by atoms with van der Waals surface area (Å²) in [5, 5.41) is 2.96. The van der Waals surface area contributed by atoms with Gasteiger partial charge in [0.25, 0.3) is 0 Å². The third kappa shape index (κ3) is 6.11. The fourth-order valence-electron chi connectivity index (χ4n) is 2.40. The highest BCUT2D eigenvalue weighted by molar-refractivity contribution is 5.75. The van der Waals surface area contributed by atoms with Crippen LogP contribution >= 0.6 is 0 Å². The first-order valence-electron chi connectivity index (χ1n) is 6.79. The van der Waals surface area contributed by atoms with Crippen molar-refractivity contribution in [3.8, 4) is 0 Å². The minimum Gasteiger partial charge on any atom is -0.356 e. The molecule has 0 aliphatic heterocycles. The maximum atomic E-state index is 11.5. The maximum Gasteiger partial charge on any atom is 0.220 e. The summed E-state index contributed by atoms with van der Waals surface area (Å²) in [6, 6.07) is 0. The smallest absolute Gasteiger partial charge is 0.220 e. The van der Waals surface area contributed by atoms with Gasteiger partial charge in [-0.25, -0.2) is 0 Å². The summed E-state index contributed by atoms with van der Waals surface area (Å²) in [6.45, 7) is 1.51. The van der Waals surface area contributed by atoms with Crippen LogP contribution in [0.2, 0.25) is 0 Å². The van der Waals surface area contributed by atoms with Crippen molar-refractivity contribution in [2.45, 2.75) is 57.8 Å². The van der Waals surface area contributed by atoms with Crippen LogP contribution in [0, 0.1) is 5.92 Å². The molecule has 0 atom stereocenters. The van der Waals surface area contributed by atoms with Gasteiger partial charge in [-0.15, -0.1) is 0 Å². The van der Waals surface area contributed by atoms with Crippen LogP contribution in [0.5, 0.6) is 0 Å². The predicted molar refractivity (Wildman–Crippen MR) is 67.1 cm³/mol. The fourth-order valence-corrected chi connectivity index (χ4v) is 2.40. The molecule has 3 N–H and O–H groups in total. The topological polar surface area (TPSA) is 55.1 Å². The van der Waals surface area contributed by atoms with Crippen LogP contribution < -0.4 is 11.1 Å². The highest BCUT2D eigenvalue weighted by Gasteiger charge is 2.14. The van der Waals surface area contributed by atoms with Crippen LogP contribution in [0.4, 0.5) is 0 Å². The quantitative estimate of drug-likeness (QED) is 0.654. The van der Waals surface area contributed by atoms with E-state index in [2.05, 4.69) is 5.32 Å². The van der Waals surface area contributed by atoms with E-state index in [9.17, 15) is 4.79 Å². The highest BCUT2D eigenvalue weighted by Crippen LogP contribution is 2.27. The van der Waals surface area contributed by atoms with E-state index in [1.807, 2.05) is 0 Å². The molecule has 0 heterocycles. The molecule has 1 fully saturated rings. The van der Waals surface area contributed by atoms with E-state index in [1.165, 1.54) is 32.1 Å². The summed E-state index contributed by atoms with van der Waals surface area (Å²) in [7, 11) is 0. The van der Waals surface area contributed by atoms with Crippen LogP contribution in [0.1, 0.15) is 57.8 Å². The summed E-state index contributed by atoms with van der Waals surface area (Å²) < 4.78 is 0. The minimum atomic E-state index is 0.225. The van der Waals surface area contributed by atoms with Gasteiger partial charge >= 0.3 is 0 Å². The number of carbonyl (C=O) groups is 1. The third-order valence-corrected chi connectivity index (χ3v) is 3.46. The molecule has 0 saturated heterocycles. The Hall–Kier alpha value is -0.570. The Balaban J connectivity index is 1.96. The first-order valence-corrected chi connectivity index (χ1v) is 6.79. The predicted octanol–water partition coefficient (Wildman–Crippen LogP) is 2.20. The zero-order valence-corrected chi connectivity index (χ0v) is 10.3. The molecular weight excluding hydrogens is 200 g/mol. The molecule has 0 aromatic carbocycles. The molecule has 0 aromatic rings.